The van der Waals surface area contributed by atoms with Gasteiger partial charge in [0.1, 0.15) is 11.7 Å². The average Bonchev–Trinajstić information content (AvgIpc) is 2.97. The van der Waals surface area contributed by atoms with Crippen LogP contribution in [0.1, 0.15) is 41.5 Å². The lowest BCUT2D eigenvalue weighted by Crippen LogP contribution is -2.42. The number of nitrogens with zero attached hydrogens (tertiary/aromatic N) is 1. The molecule has 6 nitrogen and oxygen atoms in total. The predicted octanol–water partition coefficient (Wildman–Crippen LogP) is 1.96. The van der Waals surface area contributed by atoms with Crippen molar-refractivity contribution >= 4 is 11.9 Å². The summed E-state index contributed by atoms with van der Waals surface area (Å²) in [5, 5.41) is 18.5. The third-order valence-electron chi connectivity index (χ3n) is 3.34. The summed E-state index contributed by atoms with van der Waals surface area (Å²) in [5.41, 5.74) is 1.88. The molecule has 0 fully saturated rings. The number of H-pyrrole nitrogens is 1. The summed E-state index contributed by atoms with van der Waals surface area (Å²) in [6, 6.07) is 9.82. The Kier molecular flexibility index (Phi) is 4.93. The normalized spacial score (nSPS) is 12.1. The van der Waals surface area contributed by atoms with E-state index in [1.165, 1.54) is 0 Å². The number of hydrogen-bond acceptors (Lipinski definition) is 3. The maximum atomic E-state index is 12.1. The van der Waals surface area contributed by atoms with E-state index in [9.17, 15) is 14.7 Å². The lowest BCUT2D eigenvalue weighted by molar-refractivity contribution is -0.139. The molecule has 0 saturated carbocycles. The Labute approximate surface area is 128 Å². The molecule has 0 bridgehead atoms. The Morgan fingerprint density at radius 3 is 2.50 bits per heavy atom. The van der Waals surface area contributed by atoms with Crippen molar-refractivity contribution in [3.63, 3.8) is 0 Å². The fourth-order valence-electron chi connectivity index (χ4n) is 2.03. The van der Waals surface area contributed by atoms with E-state index >= 15 is 0 Å². The van der Waals surface area contributed by atoms with Crippen LogP contribution in [0.2, 0.25) is 0 Å². The Morgan fingerprint density at radius 1 is 1.27 bits per heavy atom. The first-order valence-corrected chi connectivity index (χ1v) is 7.10. The number of hydrogen-bond donors (Lipinski definition) is 3. The van der Waals surface area contributed by atoms with Crippen molar-refractivity contribution in [3.8, 4) is 0 Å². The summed E-state index contributed by atoms with van der Waals surface area (Å²) in [6.45, 7) is 3.95. The number of aromatic nitrogens is 2. The van der Waals surface area contributed by atoms with Crippen LogP contribution in [0.4, 0.5) is 0 Å². The van der Waals surface area contributed by atoms with Crippen LogP contribution in [0, 0.1) is 0 Å². The molecule has 22 heavy (non-hydrogen) atoms. The van der Waals surface area contributed by atoms with E-state index in [4.69, 9.17) is 0 Å². The average molecular weight is 301 g/mol. The maximum Gasteiger partial charge on any atom is 0.326 e. The number of aromatic amines is 1. The van der Waals surface area contributed by atoms with Crippen molar-refractivity contribution in [2.24, 2.45) is 0 Å². The van der Waals surface area contributed by atoms with Gasteiger partial charge in [-0.1, -0.05) is 44.2 Å². The molecular formula is C16H19N3O3. The standard InChI is InChI=1S/C16H19N3O3/c1-10(2)12-9-13(19-18-12)15(20)17-14(16(21)22)8-11-6-4-3-5-7-11/h3-7,9-10,14H,8H2,1-2H3,(H,17,20)(H,18,19)(H,21,22)/t14-/m0/s1. The van der Waals surface area contributed by atoms with E-state index in [0.29, 0.717) is 0 Å². The van der Waals surface area contributed by atoms with Crippen LogP contribution in [-0.2, 0) is 11.2 Å². The topological polar surface area (TPSA) is 95.1 Å². The van der Waals surface area contributed by atoms with E-state index in [1.54, 1.807) is 6.07 Å². The summed E-state index contributed by atoms with van der Waals surface area (Å²) in [4.78, 5) is 23.5. The molecule has 0 unspecified atom stereocenters. The second-order valence-corrected chi connectivity index (χ2v) is 5.42. The Balaban J connectivity index is 2.07. The lowest BCUT2D eigenvalue weighted by atomic mass is 10.1. The largest absolute Gasteiger partial charge is 0.480 e. The minimum absolute atomic E-state index is 0.197. The molecule has 6 heteroatoms. The van der Waals surface area contributed by atoms with Crippen molar-refractivity contribution in [3.05, 3.63) is 53.3 Å². The molecule has 116 valence electrons. The van der Waals surface area contributed by atoms with Crippen molar-refractivity contribution in [1.29, 1.82) is 0 Å². The monoisotopic (exact) mass is 301 g/mol. The maximum absolute atomic E-state index is 12.1. The highest BCUT2D eigenvalue weighted by Gasteiger charge is 2.22. The van der Waals surface area contributed by atoms with Crippen LogP contribution in [0.5, 0.6) is 0 Å². The van der Waals surface area contributed by atoms with Gasteiger partial charge in [0.15, 0.2) is 0 Å². The zero-order valence-corrected chi connectivity index (χ0v) is 12.5. The predicted molar refractivity (Wildman–Crippen MR) is 81.7 cm³/mol. The van der Waals surface area contributed by atoms with Crippen molar-refractivity contribution in [2.75, 3.05) is 0 Å². The highest BCUT2D eigenvalue weighted by atomic mass is 16.4. The molecule has 0 radical (unpaired) electrons. The van der Waals surface area contributed by atoms with Crippen molar-refractivity contribution in [2.45, 2.75) is 32.2 Å². The molecule has 1 atom stereocenters. The van der Waals surface area contributed by atoms with E-state index in [1.807, 2.05) is 44.2 Å². The molecule has 3 N–H and O–H groups in total. The van der Waals surface area contributed by atoms with Gasteiger partial charge < -0.3 is 10.4 Å². The number of aliphatic carboxylic acids is 1. The smallest absolute Gasteiger partial charge is 0.326 e. The van der Waals surface area contributed by atoms with Crippen molar-refractivity contribution < 1.29 is 14.7 Å². The van der Waals surface area contributed by atoms with Gasteiger partial charge in [-0.05, 0) is 17.5 Å². The second-order valence-electron chi connectivity index (χ2n) is 5.42. The van der Waals surface area contributed by atoms with E-state index in [-0.39, 0.29) is 18.0 Å². The number of carbonyl (C=O) groups excluding carboxylic acids is 1. The molecule has 0 aliphatic carbocycles. The van der Waals surface area contributed by atoms with Gasteiger partial charge in [-0.15, -0.1) is 0 Å². The van der Waals surface area contributed by atoms with Crippen LogP contribution in [0.15, 0.2) is 36.4 Å². The number of carbonyl (C=O) groups is 2. The quantitative estimate of drug-likeness (QED) is 0.760. The fraction of sp³-hybridized carbons (Fsp3) is 0.312. The first-order chi connectivity index (χ1) is 10.5. The zero-order valence-electron chi connectivity index (χ0n) is 12.5. The van der Waals surface area contributed by atoms with Crippen LogP contribution in [0.25, 0.3) is 0 Å². The third kappa shape index (κ3) is 3.94. The van der Waals surface area contributed by atoms with Crippen LogP contribution >= 0.6 is 0 Å². The third-order valence-corrected chi connectivity index (χ3v) is 3.34. The van der Waals surface area contributed by atoms with Crippen molar-refractivity contribution in [1.82, 2.24) is 15.5 Å². The molecule has 1 aromatic carbocycles. The van der Waals surface area contributed by atoms with Gasteiger partial charge in [0.05, 0.1) is 0 Å². The molecule has 1 aromatic heterocycles. The summed E-state index contributed by atoms with van der Waals surface area (Å²) in [5.74, 6) is -1.35. The fourth-order valence-corrected chi connectivity index (χ4v) is 2.03. The highest BCUT2D eigenvalue weighted by Crippen LogP contribution is 2.12. The van der Waals surface area contributed by atoms with Gasteiger partial charge in [-0.3, -0.25) is 9.89 Å². The first kappa shape index (κ1) is 15.8. The van der Waals surface area contributed by atoms with Crippen LogP contribution < -0.4 is 5.32 Å². The summed E-state index contributed by atoms with van der Waals surface area (Å²) >= 11 is 0. The summed E-state index contributed by atoms with van der Waals surface area (Å²) in [7, 11) is 0. The van der Waals surface area contributed by atoms with Gasteiger partial charge >= 0.3 is 5.97 Å². The molecule has 0 aliphatic rings. The van der Waals surface area contributed by atoms with Gasteiger partial charge in [-0.25, -0.2) is 4.79 Å². The minimum atomic E-state index is -1.07. The molecule has 0 spiro atoms. The van der Waals surface area contributed by atoms with Crippen LogP contribution in [0.3, 0.4) is 0 Å². The lowest BCUT2D eigenvalue weighted by Gasteiger charge is -2.13. The van der Waals surface area contributed by atoms with Gasteiger partial charge in [-0.2, -0.15) is 5.10 Å². The highest BCUT2D eigenvalue weighted by molar-refractivity contribution is 5.95. The molecule has 2 aromatic rings. The molecule has 0 saturated heterocycles. The Hall–Kier alpha value is -2.63. The van der Waals surface area contributed by atoms with E-state index in [0.717, 1.165) is 11.3 Å². The second kappa shape index (κ2) is 6.89. The Morgan fingerprint density at radius 2 is 1.95 bits per heavy atom. The molecular weight excluding hydrogens is 282 g/mol. The minimum Gasteiger partial charge on any atom is -0.480 e. The molecule has 1 heterocycles. The molecule has 1 amide bonds. The van der Waals surface area contributed by atoms with Crippen LogP contribution in [-0.4, -0.2) is 33.2 Å². The summed E-state index contributed by atoms with van der Waals surface area (Å²) < 4.78 is 0. The SMILES string of the molecule is CC(C)c1cc(C(=O)N[C@@H](Cc2ccccc2)C(=O)O)n[nH]1. The van der Waals surface area contributed by atoms with Gasteiger partial charge in [0.2, 0.25) is 0 Å². The molecule has 0 aliphatic heterocycles. The van der Waals surface area contributed by atoms with Gasteiger partial charge in [0, 0.05) is 12.1 Å². The zero-order chi connectivity index (χ0) is 16.1. The number of rotatable bonds is 6. The number of carboxylic acids is 1. The number of carboxylic acid groups (broad SMARTS) is 1. The van der Waals surface area contributed by atoms with E-state index < -0.39 is 17.9 Å². The number of amides is 1. The van der Waals surface area contributed by atoms with Gasteiger partial charge in [0.25, 0.3) is 5.91 Å². The number of benzene rings is 1. The van der Waals surface area contributed by atoms with E-state index in [2.05, 4.69) is 15.5 Å². The summed E-state index contributed by atoms with van der Waals surface area (Å²) in [6.07, 6.45) is 0.226. The Bertz CT molecular complexity index is 650. The first-order valence-electron chi connectivity index (χ1n) is 7.10. The molecule has 2 rings (SSSR count). The number of nitrogens with one attached hydrogen (secondary N) is 2.